The van der Waals surface area contributed by atoms with Gasteiger partial charge < -0.3 is 27.1 Å². The molecule has 0 bridgehead atoms. The van der Waals surface area contributed by atoms with E-state index in [-0.39, 0.29) is 53.1 Å². The third-order valence-electron chi connectivity index (χ3n) is 2.09. The first-order valence-electron chi connectivity index (χ1n) is 12.1. The largest absolute Gasteiger partial charge is 0.334 e. The van der Waals surface area contributed by atoms with Crippen LogP contribution >= 0.6 is 17.2 Å². The molecule has 6 nitrogen and oxygen atoms in total. The van der Waals surface area contributed by atoms with E-state index in [4.69, 9.17) is 27.1 Å². The zero-order valence-corrected chi connectivity index (χ0v) is 30.1. The standard InChI is InChI=1S/2C12H27O3P.C3H5.Rh/c2*1-10(2,3)13-16(14-11(4,5)6)15-12(7,8)9;1-3-2;/h2*1-9H3;3H,1-2H2;. The second kappa shape index (κ2) is 17.6. The molecular formula is C27H59O6P2Rh. The van der Waals surface area contributed by atoms with E-state index in [2.05, 4.69) is 13.5 Å². The molecule has 0 aromatic rings. The van der Waals surface area contributed by atoms with Crippen LogP contribution in [-0.2, 0) is 46.6 Å². The molecule has 0 saturated carbocycles. The summed E-state index contributed by atoms with van der Waals surface area (Å²) in [5.74, 6) is 0. The van der Waals surface area contributed by atoms with Crippen LogP contribution in [0, 0.1) is 6.92 Å². The first-order valence-corrected chi connectivity index (χ1v) is 14.3. The van der Waals surface area contributed by atoms with Crippen molar-refractivity contribution in [2.45, 2.75) is 158 Å². The van der Waals surface area contributed by atoms with Gasteiger partial charge in [0.15, 0.2) is 0 Å². The molecule has 0 heterocycles. The first kappa shape index (κ1) is 44.0. The van der Waals surface area contributed by atoms with Crippen molar-refractivity contribution in [3.8, 4) is 0 Å². The van der Waals surface area contributed by atoms with Gasteiger partial charge in [-0.2, -0.15) is 0 Å². The second-order valence-electron chi connectivity index (χ2n) is 14.0. The van der Waals surface area contributed by atoms with Crippen LogP contribution in [0.5, 0.6) is 0 Å². The van der Waals surface area contributed by atoms with E-state index in [0.717, 1.165) is 0 Å². The van der Waals surface area contributed by atoms with Gasteiger partial charge in [-0.1, -0.05) is 6.08 Å². The SMILES string of the molecule is CC(C)(C)OP(OC(C)(C)C)OC(C)(C)C.CC(C)(C)OP(OC(C)(C)C)OC(C)(C)C.[CH2]C=C.[Rh]. The van der Waals surface area contributed by atoms with Crippen molar-refractivity contribution in [2.24, 2.45) is 0 Å². The topological polar surface area (TPSA) is 55.4 Å². The van der Waals surface area contributed by atoms with Crippen LogP contribution in [0.25, 0.3) is 0 Å². The van der Waals surface area contributed by atoms with E-state index in [9.17, 15) is 0 Å². The Morgan fingerprint density at radius 1 is 0.389 bits per heavy atom. The Morgan fingerprint density at radius 3 is 0.528 bits per heavy atom. The molecule has 2 radical (unpaired) electrons. The van der Waals surface area contributed by atoms with Crippen molar-refractivity contribution in [1.29, 1.82) is 0 Å². The Bertz CT molecular complexity index is 436. The zero-order chi connectivity index (χ0) is 29.1. The van der Waals surface area contributed by atoms with Crippen LogP contribution < -0.4 is 0 Å². The van der Waals surface area contributed by atoms with Gasteiger partial charge in [-0.3, -0.25) is 0 Å². The predicted octanol–water partition coefficient (Wildman–Crippen LogP) is 10.3. The van der Waals surface area contributed by atoms with Crippen LogP contribution in [0.1, 0.15) is 125 Å². The van der Waals surface area contributed by atoms with E-state index in [0.29, 0.717) is 0 Å². The van der Waals surface area contributed by atoms with Crippen LogP contribution in [0.3, 0.4) is 0 Å². The van der Waals surface area contributed by atoms with Gasteiger partial charge in [0.2, 0.25) is 0 Å². The van der Waals surface area contributed by atoms with Crippen molar-refractivity contribution in [3.63, 3.8) is 0 Å². The van der Waals surface area contributed by atoms with E-state index in [1.165, 1.54) is 6.08 Å². The molecule has 0 aliphatic rings. The van der Waals surface area contributed by atoms with Crippen LogP contribution in [0.2, 0.25) is 0 Å². The van der Waals surface area contributed by atoms with Crippen LogP contribution in [0.15, 0.2) is 12.7 Å². The first-order chi connectivity index (χ1) is 15.0. The molecule has 0 rings (SSSR count). The van der Waals surface area contributed by atoms with E-state index < -0.39 is 17.2 Å². The summed E-state index contributed by atoms with van der Waals surface area (Å²) in [5, 5.41) is 0. The summed E-state index contributed by atoms with van der Waals surface area (Å²) < 4.78 is 34.9. The molecule has 0 aliphatic carbocycles. The van der Waals surface area contributed by atoms with Gasteiger partial charge >= 0.3 is 17.2 Å². The van der Waals surface area contributed by atoms with Crippen molar-refractivity contribution >= 4 is 17.2 Å². The summed E-state index contributed by atoms with van der Waals surface area (Å²) >= 11 is 0. The van der Waals surface area contributed by atoms with Gasteiger partial charge in [-0.05, 0) is 132 Å². The molecule has 0 amide bonds. The Morgan fingerprint density at radius 2 is 0.472 bits per heavy atom. The maximum atomic E-state index is 5.81. The maximum absolute atomic E-state index is 5.81. The van der Waals surface area contributed by atoms with E-state index in [1.54, 1.807) is 0 Å². The molecule has 36 heavy (non-hydrogen) atoms. The summed E-state index contributed by atoms with van der Waals surface area (Å²) in [6.07, 6.45) is 1.50. The molecule has 0 saturated heterocycles. The molecule has 9 heteroatoms. The summed E-state index contributed by atoms with van der Waals surface area (Å²) in [4.78, 5) is 0. The van der Waals surface area contributed by atoms with Gasteiger partial charge in [-0.25, -0.2) is 0 Å². The number of hydrogen-bond acceptors (Lipinski definition) is 6. The maximum Gasteiger partial charge on any atom is 0.334 e. The molecule has 0 aromatic carbocycles. The molecule has 0 atom stereocenters. The Hall–Kier alpha value is 0.983. The molecule has 0 unspecified atom stereocenters. The van der Waals surface area contributed by atoms with Crippen LogP contribution in [-0.4, -0.2) is 33.6 Å². The zero-order valence-electron chi connectivity index (χ0n) is 26.7. The smallest absolute Gasteiger partial charge is 0.306 e. The molecule has 0 spiro atoms. The minimum absolute atomic E-state index is 0. The summed E-state index contributed by atoms with van der Waals surface area (Å²) in [5.41, 5.74) is -1.57. The predicted molar refractivity (Wildman–Crippen MR) is 154 cm³/mol. The van der Waals surface area contributed by atoms with Crippen LogP contribution in [0.4, 0.5) is 0 Å². The molecule has 0 N–H and O–H groups in total. The summed E-state index contributed by atoms with van der Waals surface area (Å²) in [6.45, 7) is 42.5. The molecule has 0 aliphatic heterocycles. The van der Waals surface area contributed by atoms with Crippen molar-refractivity contribution in [1.82, 2.24) is 0 Å². The summed E-state index contributed by atoms with van der Waals surface area (Å²) in [6, 6.07) is 0. The number of allylic oxidation sites excluding steroid dienone is 1. The fourth-order valence-corrected chi connectivity index (χ4v) is 4.36. The fraction of sp³-hybridized carbons (Fsp3) is 0.889. The third-order valence-corrected chi connectivity index (χ3v) is 6.27. The van der Waals surface area contributed by atoms with Gasteiger partial charge in [0, 0.05) is 19.5 Å². The normalized spacial score (nSPS) is 13.4. The number of hydrogen-bond donors (Lipinski definition) is 0. The van der Waals surface area contributed by atoms with Gasteiger partial charge in [0.1, 0.15) is 0 Å². The Balaban J connectivity index is -0.000000250. The molecule has 0 fully saturated rings. The van der Waals surface area contributed by atoms with Crippen molar-refractivity contribution in [3.05, 3.63) is 19.6 Å². The van der Waals surface area contributed by atoms with E-state index in [1.807, 2.05) is 125 Å². The monoisotopic (exact) mass is 644 g/mol. The van der Waals surface area contributed by atoms with Crippen molar-refractivity contribution in [2.75, 3.05) is 0 Å². The average molecular weight is 645 g/mol. The minimum Gasteiger partial charge on any atom is -0.306 e. The van der Waals surface area contributed by atoms with Gasteiger partial charge in [0.05, 0.1) is 33.6 Å². The minimum atomic E-state index is -1.32. The second-order valence-corrected chi connectivity index (χ2v) is 15.9. The van der Waals surface area contributed by atoms with Gasteiger partial charge in [-0.15, -0.1) is 6.58 Å². The fourth-order valence-electron chi connectivity index (χ4n) is 1.45. The summed E-state index contributed by atoms with van der Waals surface area (Å²) in [7, 11) is -2.65. The van der Waals surface area contributed by atoms with E-state index >= 15 is 0 Å². The quantitative estimate of drug-likeness (QED) is 0.212. The Kier molecular flexibility index (Phi) is 21.6. The molecule has 222 valence electrons. The van der Waals surface area contributed by atoms with Crippen molar-refractivity contribution < 1.29 is 46.6 Å². The van der Waals surface area contributed by atoms with Gasteiger partial charge in [0.25, 0.3) is 0 Å². The average Bonchev–Trinajstić information content (AvgIpc) is 2.35. The molecular weight excluding hydrogens is 585 g/mol. The number of rotatable bonds is 6. The third kappa shape index (κ3) is 42.1. The molecule has 0 aromatic heterocycles. The Labute approximate surface area is 241 Å².